The highest BCUT2D eigenvalue weighted by molar-refractivity contribution is 7.84. The van der Waals surface area contributed by atoms with E-state index in [0.717, 1.165) is 0 Å². The fourth-order valence-electron chi connectivity index (χ4n) is 1.96. The first kappa shape index (κ1) is 22.8. The van der Waals surface area contributed by atoms with Crippen molar-refractivity contribution in [2.24, 2.45) is 0 Å². The van der Waals surface area contributed by atoms with E-state index in [1.807, 2.05) is 0 Å². The van der Waals surface area contributed by atoms with E-state index in [1.54, 1.807) is 30.3 Å². The summed E-state index contributed by atoms with van der Waals surface area (Å²) in [5, 5.41) is 0.288. The molecule has 1 unspecified atom stereocenters. The van der Waals surface area contributed by atoms with Crippen LogP contribution in [0, 0.1) is 0 Å². The lowest BCUT2D eigenvalue weighted by molar-refractivity contribution is -0.560. The van der Waals surface area contributed by atoms with Gasteiger partial charge in [0.25, 0.3) is 0 Å². The molecule has 0 aliphatic rings. The molecule has 0 amide bonds. The molecule has 0 saturated heterocycles. The average Bonchev–Trinajstić information content (AvgIpc) is 2.48. The van der Waals surface area contributed by atoms with Gasteiger partial charge in [-0.2, -0.15) is 13.1 Å². The molecule has 0 saturated carbocycles. The third kappa shape index (κ3) is 11.2. The number of hydrogen-bond acceptors (Lipinski definition) is 3. The lowest BCUT2D eigenvalue weighted by Gasteiger charge is -2.20. The van der Waals surface area contributed by atoms with Crippen molar-refractivity contribution in [2.75, 3.05) is 13.2 Å². The van der Waals surface area contributed by atoms with Crippen molar-refractivity contribution in [3.63, 3.8) is 0 Å². The molecule has 3 N–H and O–H groups in total. The number of nitrogens with one attached hydrogen (secondary N) is 1. The highest BCUT2D eigenvalue weighted by Gasteiger charge is 2.32. The van der Waals surface area contributed by atoms with E-state index in [-0.39, 0.29) is 24.6 Å². The highest BCUT2D eigenvalue weighted by Crippen LogP contribution is 2.27. The summed E-state index contributed by atoms with van der Waals surface area (Å²) in [5.41, 5.74) is 0.584. The topological polar surface area (TPSA) is 72.0 Å². The lowest BCUT2D eigenvalue weighted by Crippen LogP contribution is -2.96. The second-order valence-corrected chi connectivity index (χ2v) is 9.10. The van der Waals surface area contributed by atoms with Gasteiger partial charge in [0.05, 0.1) is 0 Å². The van der Waals surface area contributed by atoms with Crippen LogP contribution in [0.4, 0.5) is 12.9 Å². The van der Waals surface area contributed by atoms with Crippen molar-refractivity contribution in [3.05, 3.63) is 35.9 Å². The molecule has 13 heteroatoms. The first-order valence-corrected chi connectivity index (χ1v) is 9.75. The number of quaternary nitrogens is 1. The van der Waals surface area contributed by atoms with Gasteiger partial charge in [0.1, 0.15) is 6.61 Å². The molecule has 0 fully saturated rings. The summed E-state index contributed by atoms with van der Waals surface area (Å²) in [7, 11) is -9.24. The van der Waals surface area contributed by atoms with E-state index in [1.165, 1.54) is 0 Å². The van der Waals surface area contributed by atoms with Gasteiger partial charge in [-0.1, -0.05) is 65.1 Å². The van der Waals surface area contributed by atoms with Crippen LogP contribution in [0.25, 0.3) is 0 Å². The standard InChI is InChI=1S/C12H17BCl3F3N2O3S/c14-12(15,16)9-24-25(22,23)21-11(10-5-2-1-3-6-10)7-4-8-20-13(17,18)19/h1-3,5-6,11,21H,4,7-9,20H2. The van der Waals surface area contributed by atoms with Crippen molar-refractivity contribution >= 4 is 52.2 Å². The Morgan fingerprint density at radius 1 is 1.20 bits per heavy atom. The lowest BCUT2D eigenvalue weighted by atomic mass is 10.0. The average molecular weight is 444 g/mol. The van der Waals surface area contributed by atoms with Gasteiger partial charge in [0.15, 0.2) is 0 Å². The Balaban J connectivity index is 2.72. The summed E-state index contributed by atoms with van der Waals surface area (Å²) in [6.45, 7) is -0.900. The number of nitrogens with two attached hydrogens (primary N) is 1. The maximum atomic E-state index is 12.2. The normalized spacial score (nSPS) is 14.5. The zero-order valence-electron chi connectivity index (χ0n) is 12.8. The minimum Gasteiger partial charge on any atom is -0.444 e. The van der Waals surface area contributed by atoms with Crippen molar-refractivity contribution in [1.29, 1.82) is 0 Å². The maximum Gasteiger partial charge on any atom is 0.730 e. The van der Waals surface area contributed by atoms with Gasteiger partial charge in [-0.15, -0.1) is 0 Å². The fraction of sp³-hybridized carbons (Fsp3) is 0.500. The highest BCUT2D eigenvalue weighted by atomic mass is 35.6. The molecule has 0 aromatic heterocycles. The van der Waals surface area contributed by atoms with Gasteiger partial charge in [-0.25, -0.2) is 0 Å². The second-order valence-electron chi connectivity index (χ2n) is 5.20. The van der Waals surface area contributed by atoms with Crippen molar-refractivity contribution in [1.82, 2.24) is 4.72 Å². The number of halogens is 6. The van der Waals surface area contributed by atoms with Crippen LogP contribution in [0.5, 0.6) is 0 Å². The van der Waals surface area contributed by atoms with Crippen molar-refractivity contribution in [2.45, 2.75) is 22.7 Å². The van der Waals surface area contributed by atoms with Crippen LogP contribution in [0.15, 0.2) is 30.3 Å². The number of rotatable bonds is 10. The Bertz CT molecular complexity index is 630. The van der Waals surface area contributed by atoms with Gasteiger partial charge in [0.2, 0.25) is 3.79 Å². The van der Waals surface area contributed by atoms with Gasteiger partial charge in [-0.05, 0) is 18.4 Å². The molecular formula is C12H17BCl3F3N2O3S. The van der Waals surface area contributed by atoms with Crippen LogP contribution in [0.3, 0.4) is 0 Å². The summed E-state index contributed by atoms with van der Waals surface area (Å²) in [6.07, 6.45) is 0.275. The maximum absolute atomic E-state index is 12.2. The Morgan fingerprint density at radius 3 is 2.32 bits per heavy atom. The molecule has 144 valence electrons. The molecule has 1 rings (SSSR count). The Labute approximate surface area is 159 Å². The largest absolute Gasteiger partial charge is 0.730 e. The van der Waals surface area contributed by atoms with Crippen LogP contribution in [-0.4, -0.2) is 32.5 Å². The quantitative estimate of drug-likeness (QED) is 0.332. The molecule has 1 aromatic rings. The molecule has 0 aliphatic heterocycles. The number of hydrogen-bond donors (Lipinski definition) is 2. The minimum absolute atomic E-state index is 0.133. The van der Waals surface area contributed by atoms with Crippen molar-refractivity contribution in [3.8, 4) is 0 Å². The van der Waals surface area contributed by atoms with Crippen LogP contribution in [-0.2, 0) is 14.5 Å². The first-order chi connectivity index (χ1) is 11.4. The van der Waals surface area contributed by atoms with E-state index in [4.69, 9.17) is 34.8 Å². The smallest absolute Gasteiger partial charge is 0.444 e. The molecule has 0 aliphatic carbocycles. The molecule has 5 nitrogen and oxygen atoms in total. The van der Waals surface area contributed by atoms with E-state index in [2.05, 4.69) is 8.91 Å². The summed E-state index contributed by atoms with van der Waals surface area (Å²) < 4.78 is 65.5. The second kappa shape index (κ2) is 9.64. The molecule has 0 heterocycles. The van der Waals surface area contributed by atoms with Gasteiger partial charge < -0.3 is 18.2 Å². The third-order valence-electron chi connectivity index (χ3n) is 3.00. The van der Waals surface area contributed by atoms with Gasteiger partial charge >= 0.3 is 17.4 Å². The summed E-state index contributed by atoms with van der Waals surface area (Å²) in [6, 6.07) is 7.64. The van der Waals surface area contributed by atoms with Crippen LogP contribution < -0.4 is 9.95 Å². The van der Waals surface area contributed by atoms with Crippen LogP contribution in [0.1, 0.15) is 24.4 Å². The molecule has 0 spiro atoms. The SMILES string of the molecule is O=S(=O)(NC(CCC[NH2+][B-](F)(F)F)c1ccccc1)OCC(Cl)(Cl)Cl. The zero-order chi connectivity index (χ0) is 19.1. The molecular weight excluding hydrogens is 426 g/mol. The predicted molar refractivity (Wildman–Crippen MR) is 92.6 cm³/mol. The Hall–Kier alpha value is -0.225. The zero-order valence-corrected chi connectivity index (χ0v) is 15.9. The molecule has 0 radical (unpaired) electrons. The van der Waals surface area contributed by atoms with E-state index < -0.39 is 33.9 Å². The minimum atomic E-state index is -4.98. The van der Waals surface area contributed by atoms with Gasteiger partial charge in [0, 0.05) is 12.6 Å². The molecule has 1 atom stereocenters. The van der Waals surface area contributed by atoms with Gasteiger partial charge in [-0.3, -0.25) is 4.18 Å². The summed E-state index contributed by atoms with van der Waals surface area (Å²) in [4.78, 5) is 0. The van der Waals surface area contributed by atoms with Crippen LogP contribution >= 0.6 is 34.8 Å². The predicted octanol–water partition coefficient (Wildman–Crippen LogP) is 2.64. The Kier molecular flexibility index (Phi) is 8.79. The summed E-state index contributed by atoms with van der Waals surface area (Å²) in [5.74, 6) is 0. The van der Waals surface area contributed by atoms with E-state index >= 15 is 0 Å². The molecule has 25 heavy (non-hydrogen) atoms. The third-order valence-corrected chi connectivity index (χ3v) is 4.33. The fourth-order valence-corrected chi connectivity index (χ4v) is 3.32. The number of benzene rings is 1. The van der Waals surface area contributed by atoms with E-state index in [0.29, 0.717) is 5.56 Å². The monoisotopic (exact) mass is 442 g/mol. The Morgan fingerprint density at radius 2 is 1.80 bits per heavy atom. The molecule has 1 aromatic carbocycles. The summed E-state index contributed by atoms with van der Waals surface area (Å²) >= 11 is 16.3. The number of alkyl halides is 3. The van der Waals surface area contributed by atoms with Crippen molar-refractivity contribution < 1.29 is 30.8 Å². The first-order valence-electron chi connectivity index (χ1n) is 7.21. The van der Waals surface area contributed by atoms with E-state index in [9.17, 15) is 21.4 Å². The van der Waals surface area contributed by atoms with Crippen LogP contribution in [0.2, 0.25) is 0 Å². The molecule has 0 bridgehead atoms.